The minimum absolute atomic E-state index is 0.305. The second-order valence-electron chi connectivity index (χ2n) is 3.98. The second-order valence-corrected chi connectivity index (χ2v) is 4.84. The van der Waals surface area contributed by atoms with E-state index in [4.69, 9.17) is 5.11 Å². The zero-order chi connectivity index (χ0) is 11.8. The van der Waals surface area contributed by atoms with Crippen molar-refractivity contribution in [3.05, 3.63) is 34.3 Å². The van der Waals surface area contributed by atoms with E-state index in [9.17, 15) is 0 Å². The molecule has 1 aromatic carbocycles. The van der Waals surface area contributed by atoms with Gasteiger partial charge < -0.3 is 10.4 Å². The Bertz CT molecular complexity index is 304. The van der Waals surface area contributed by atoms with Crippen molar-refractivity contribution < 1.29 is 5.11 Å². The lowest BCUT2D eigenvalue weighted by atomic mass is 10.1. The fraction of sp³-hybridized carbons (Fsp3) is 0.538. The number of benzene rings is 1. The molecular weight excluding hydrogens is 266 g/mol. The van der Waals surface area contributed by atoms with Crippen LogP contribution in [0.3, 0.4) is 0 Å². The smallest absolute Gasteiger partial charge is 0.0431 e. The van der Waals surface area contributed by atoms with Crippen molar-refractivity contribution in [2.75, 3.05) is 13.2 Å². The van der Waals surface area contributed by atoms with E-state index in [-0.39, 0.29) is 0 Å². The van der Waals surface area contributed by atoms with Crippen LogP contribution in [0.15, 0.2) is 28.7 Å². The van der Waals surface area contributed by atoms with Gasteiger partial charge in [-0.3, -0.25) is 0 Å². The average molecular weight is 286 g/mol. The van der Waals surface area contributed by atoms with Gasteiger partial charge in [-0.25, -0.2) is 0 Å². The predicted molar refractivity (Wildman–Crippen MR) is 71.5 cm³/mol. The highest BCUT2D eigenvalue weighted by Gasteiger charge is 2.06. The fourth-order valence-corrected chi connectivity index (χ4v) is 2.30. The molecule has 16 heavy (non-hydrogen) atoms. The first-order valence-electron chi connectivity index (χ1n) is 5.84. The highest BCUT2D eigenvalue weighted by molar-refractivity contribution is 9.10. The number of rotatable bonds is 7. The maximum atomic E-state index is 8.66. The topological polar surface area (TPSA) is 32.3 Å². The molecule has 90 valence electrons. The van der Waals surface area contributed by atoms with Gasteiger partial charge in [-0.05, 0) is 44.4 Å². The summed E-state index contributed by atoms with van der Waals surface area (Å²) in [5.41, 5.74) is 1.30. The molecule has 0 saturated heterocycles. The van der Waals surface area contributed by atoms with Gasteiger partial charge in [0.2, 0.25) is 0 Å². The van der Waals surface area contributed by atoms with Gasteiger partial charge in [0.1, 0.15) is 0 Å². The Morgan fingerprint density at radius 1 is 1.25 bits per heavy atom. The van der Waals surface area contributed by atoms with Crippen molar-refractivity contribution in [1.29, 1.82) is 0 Å². The van der Waals surface area contributed by atoms with Crippen molar-refractivity contribution in [3.8, 4) is 0 Å². The molecule has 1 aromatic rings. The van der Waals surface area contributed by atoms with Crippen molar-refractivity contribution in [2.45, 2.75) is 32.2 Å². The number of nitrogens with one attached hydrogen (secondary N) is 1. The molecule has 2 nitrogen and oxygen atoms in total. The van der Waals surface area contributed by atoms with Crippen LogP contribution in [0.4, 0.5) is 0 Å². The zero-order valence-electron chi connectivity index (χ0n) is 9.75. The molecular formula is C13H20BrNO. The fourth-order valence-electron chi connectivity index (χ4n) is 1.67. The minimum atomic E-state index is 0.305. The number of unbranched alkanes of at least 4 members (excludes halogenated alkanes) is 2. The van der Waals surface area contributed by atoms with E-state index in [1.54, 1.807) is 0 Å². The summed E-state index contributed by atoms with van der Waals surface area (Å²) in [6.07, 6.45) is 3.12. The van der Waals surface area contributed by atoms with Gasteiger partial charge in [0.25, 0.3) is 0 Å². The second kappa shape index (κ2) is 7.82. The largest absolute Gasteiger partial charge is 0.396 e. The Labute approximate surface area is 106 Å². The number of aliphatic hydroxyl groups excluding tert-OH is 1. The van der Waals surface area contributed by atoms with E-state index in [0.717, 1.165) is 30.3 Å². The molecule has 0 aliphatic carbocycles. The Kier molecular flexibility index (Phi) is 6.69. The number of aliphatic hydroxyl groups is 1. The molecule has 0 aliphatic heterocycles. The lowest BCUT2D eigenvalue weighted by Crippen LogP contribution is -2.20. The summed E-state index contributed by atoms with van der Waals surface area (Å²) in [7, 11) is 0. The molecule has 2 N–H and O–H groups in total. The van der Waals surface area contributed by atoms with Crippen molar-refractivity contribution in [2.24, 2.45) is 0 Å². The van der Waals surface area contributed by atoms with Gasteiger partial charge in [0.15, 0.2) is 0 Å². The molecule has 1 rings (SSSR count). The van der Waals surface area contributed by atoms with E-state index < -0.39 is 0 Å². The van der Waals surface area contributed by atoms with Gasteiger partial charge in [-0.15, -0.1) is 0 Å². The van der Waals surface area contributed by atoms with Crippen LogP contribution in [0, 0.1) is 0 Å². The third-order valence-corrected chi connectivity index (χ3v) is 3.38. The van der Waals surface area contributed by atoms with Gasteiger partial charge >= 0.3 is 0 Å². The summed E-state index contributed by atoms with van der Waals surface area (Å²) in [6, 6.07) is 8.66. The first kappa shape index (κ1) is 13.7. The zero-order valence-corrected chi connectivity index (χ0v) is 11.3. The van der Waals surface area contributed by atoms with E-state index in [1.165, 1.54) is 5.56 Å². The van der Waals surface area contributed by atoms with Crippen molar-refractivity contribution >= 4 is 15.9 Å². The van der Waals surface area contributed by atoms with Crippen LogP contribution in [0.2, 0.25) is 0 Å². The quantitative estimate of drug-likeness (QED) is 0.754. The van der Waals surface area contributed by atoms with E-state index in [1.807, 2.05) is 6.07 Å². The summed E-state index contributed by atoms with van der Waals surface area (Å²) in [6.45, 7) is 3.48. The number of hydrogen-bond acceptors (Lipinski definition) is 2. The third kappa shape index (κ3) is 4.64. The molecule has 0 heterocycles. The lowest BCUT2D eigenvalue weighted by molar-refractivity contribution is 0.282. The molecule has 0 bridgehead atoms. The van der Waals surface area contributed by atoms with Crippen LogP contribution < -0.4 is 5.32 Å². The molecule has 1 atom stereocenters. The van der Waals surface area contributed by atoms with E-state index in [2.05, 4.69) is 46.4 Å². The minimum Gasteiger partial charge on any atom is -0.396 e. The summed E-state index contributed by atoms with van der Waals surface area (Å²) in [5.74, 6) is 0. The third-order valence-electron chi connectivity index (χ3n) is 2.66. The number of hydrogen-bond donors (Lipinski definition) is 2. The van der Waals surface area contributed by atoms with Crippen LogP contribution >= 0.6 is 15.9 Å². The summed E-state index contributed by atoms with van der Waals surface area (Å²) >= 11 is 3.56. The van der Waals surface area contributed by atoms with Crippen LogP contribution in [0.5, 0.6) is 0 Å². The van der Waals surface area contributed by atoms with E-state index >= 15 is 0 Å². The summed E-state index contributed by atoms with van der Waals surface area (Å²) in [4.78, 5) is 0. The lowest BCUT2D eigenvalue weighted by Gasteiger charge is -2.15. The SMILES string of the molecule is C[C@@H](NCCCCCO)c1ccccc1Br. The van der Waals surface area contributed by atoms with Crippen LogP contribution in [-0.2, 0) is 0 Å². The van der Waals surface area contributed by atoms with Gasteiger partial charge in [0.05, 0.1) is 0 Å². The molecule has 0 fully saturated rings. The Morgan fingerprint density at radius 3 is 2.69 bits per heavy atom. The average Bonchev–Trinajstić information content (AvgIpc) is 2.29. The Balaban J connectivity index is 2.30. The molecule has 0 aliphatic rings. The molecule has 0 amide bonds. The van der Waals surface area contributed by atoms with Crippen molar-refractivity contribution in [3.63, 3.8) is 0 Å². The summed E-state index contributed by atoms with van der Waals surface area (Å²) < 4.78 is 1.16. The van der Waals surface area contributed by atoms with Crippen LogP contribution in [0.1, 0.15) is 37.8 Å². The first-order chi connectivity index (χ1) is 7.75. The molecule has 3 heteroatoms. The highest BCUT2D eigenvalue weighted by Crippen LogP contribution is 2.22. The van der Waals surface area contributed by atoms with Crippen molar-refractivity contribution in [1.82, 2.24) is 5.32 Å². The maximum Gasteiger partial charge on any atom is 0.0431 e. The van der Waals surface area contributed by atoms with Gasteiger partial charge in [-0.1, -0.05) is 34.1 Å². The Morgan fingerprint density at radius 2 is 2.00 bits per heavy atom. The van der Waals surface area contributed by atoms with Crippen LogP contribution in [-0.4, -0.2) is 18.3 Å². The highest BCUT2D eigenvalue weighted by atomic mass is 79.9. The maximum absolute atomic E-state index is 8.66. The molecule has 0 spiro atoms. The number of halogens is 1. The summed E-state index contributed by atoms with van der Waals surface area (Å²) in [5, 5.41) is 12.1. The standard InChI is InChI=1S/C13H20BrNO/c1-11(15-9-5-2-6-10-16)12-7-3-4-8-13(12)14/h3-4,7-8,11,15-16H,2,5-6,9-10H2,1H3/t11-/m1/s1. The molecule has 0 saturated carbocycles. The van der Waals surface area contributed by atoms with Crippen LogP contribution in [0.25, 0.3) is 0 Å². The normalized spacial score (nSPS) is 12.7. The monoisotopic (exact) mass is 285 g/mol. The Hall–Kier alpha value is -0.380. The van der Waals surface area contributed by atoms with Gasteiger partial charge in [0, 0.05) is 17.1 Å². The predicted octanol–water partition coefficient (Wildman–Crippen LogP) is 3.26. The first-order valence-corrected chi connectivity index (χ1v) is 6.63. The molecule has 0 aromatic heterocycles. The van der Waals surface area contributed by atoms with Gasteiger partial charge in [-0.2, -0.15) is 0 Å². The van der Waals surface area contributed by atoms with E-state index in [0.29, 0.717) is 12.6 Å². The molecule has 0 radical (unpaired) electrons. The molecule has 0 unspecified atom stereocenters.